The Kier molecular flexibility index (Phi) is 19.2. The number of aliphatic hydroxyl groups excluding tert-OH is 1. The summed E-state index contributed by atoms with van der Waals surface area (Å²) in [6.45, 7) is 30.2. The highest BCUT2D eigenvalue weighted by atomic mass is 32.2. The summed E-state index contributed by atoms with van der Waals surface area (Å²) in [5, 5.41) is 12.3. The van der Waals surface area contributed by atoms with E-state index in [0.29, 0.717) is 36.0 Å². The first-order valence-corrected chi connectivity index (χ1v) is 31.4. The number of Topliss-reactive ketones (excluding diaryl/α,β-unsaturated/α-hetero) is 1. The maximum absolute atomic E-state index is 14.9. The zero-order valence-electron chi connectivity index (χ0n) is 44.1. The van der Waals surface area contributed by atoms with Gasteiger partial charge in [-0.15, -0.1) is 0 Å². The quantitative estimate of drug-likeness (QED) is 0.0682. The zero-order valence-corrected chi connectivity index (χ0v) is 47.3. The Balaban J connectivity index is 1.57. The second kappa shape index (κ2) is 23.2. The Morgan fingerprint density at radius 1 is 0.750 bits per heavy atom. The number of hydrogen-bond donors (Lipinski definition) is 2. The number of nitrogens with zero attached hydrogens (tertiary/aromatic N) is 3. The van der Waals surface area contributed by atoms with Crippen molar-refractivity contribution in [3.05, 3.63) is 63.6 Å². The smallest absolute Gasteiger partial charge is 0.253 e. The van der Waals surface area contributed by atoms with Crippen LogP contribution < -0.4 is 9.62 Å². The van der Waals surface area contributed by atoms with Crippen molar-refractivity contribution in [2.24, 2.45) is 21.6 Å². The Bertz CT molecular complexity index is 2380. The van der Waals surface area contributed by atoms with Crippen molar-refractivity contribution in [3.8, 4) is 0 Å². The Hall–Kier alpha value is -2.68. The van der Waals surface area contributed by atoms with Crippen LogP contribution in [0.15, 0.2) is 56.9 Å². The molecule has 2 aliphatic carbocycles. The van der Waals surface area contributed by atoms with Crippen LogP contribution in [0.2, 0.25) is 0 Å². The molecule has 0 spiro atoms. The molecule has 5 rings (SSSR count). The van der Waals surface area contributed by atoms with Crippen molar-refractivity contribution >= 4 is 72.0 Å². The highest BCUT2D eigenvalue weighted by Gasteiger charge is 2.50. The number of carbonyl (C=O) groups is 1. The van der Waals surface area contributed by atoms with Crippen LogP contribution >= 0.6 is 23.5 Å². The molecule has 0 bridgehead atoms. The first-order chi connectivity index (χ1) is 31.9. The lowest BCUT2D eigenvalue weighted by Crippen LogP contribution is -2.42. The average molecular weight is 1020 g/mol. The summed E-state index contributed by atoms with van der Waals surface area (Å²) in [6, 6.07) is 4.05. The number of fused-ring (bicyclic) bond motifs is 2. The third-order valence-corrected chi connectivity index (χ3v) is 20.6. The maximum Gasteiger partial charge on any atom is 0.253 e. The molecule has 0 saturated carbocycles. The van der Waals surface area contributed by atoms with Crippen LogP contribution in [0.5, 0.6) is 0 Å². The number of anilines is 2. The number of thioether (sulfide) groups is 2. The average Bonchev–Trinajstić information content (AvgIpc) is 3.58. The number of sulfonamides is 2. The molecule has 4 atom stereocenters. The van der Waals surface area contributed by atoms with Gasteiger partial charge >= 0.3 is 0 Å². The second-order valence-corrected chi connectivity index (χ2v) is 27.4. The molecule has 4 unspecified atom stereocenters. The van der Waals surface area contributed by atoms with Gasteiger partial charge in [0.05, 0.1) is 34.1 Å². The van der Waals surface area contributed by atoms with Crippen LogP contribution in [-0.4, -0.2) is 97.0 Å². The van der Waals surface area contributed by atoms with E-state index >= 15 is 0 Å². The molecule has 4 aliphatic rings. The third-order valence-electron chi connectivity index (χ3n) is 15.4. The number of carbonyl (C=O) groups excluding carboxylic acids is 1. The lowest BCUT2D eigenvalue weighted by Gasteiger charge is -2.34. The van der Waals surface area contributed by atoms with E-state index in [9.17, 15) is 26.7 Å². The van der Waals surface area contributed by atoms with E-state index in [1.807, 2.05) is 30.0 Å². The molecule has 14 heteroatoms. The molecule has 1 aromatic carbocycles. The molecular weight excluding hydrogens is 929 g/mol. The maximum atomic E-state index is 14.9. The molecule has 0 amide bonds. The molecule has 2 N–H and O–H groups in total. The summed E-state index contributed by atoms with van der Waals surface area (Å²) in [4.78, 5) is 19.5. The minimum Gasteiger partial charge on any atom is -0.506 e. The molecular formula is C54H86N4O6S4. The van der Waals surface area contributed by atoms with E-state index in [4.69, 9.17) is 0 Å². The SMILES string of the molecule is CCCCC(CC)CSCCCS(=O)(=O)/N=C1\C=C2C(=C\C1=C1\C(=O)C(c3cc4c(cc3NS(=O)(=O)CCCSCC(CC)CCCC)N(C(C)C)C(C)C4(C)C)=C1O)C(C)(C)C(C)N2C(C)C. The normalized spacial score (nSPS) is 22.8. The van der Waals surface area contributed by atoms with Crippen LogP contribution in [0.4, 0.5) is 11.4 Å². The number of unbranched alkanes of at least 4 members (excludes halogenated alkanes) is 2. The predicted molar refractivity (Wildman–Crippen MR) is 294 cm³/mol. The zero-order chi connectivity index (χ0) is 50.5. The van der Waals surface area contributed by atoms with E-state index in [-0.39, 0.29) is 80.4 Å². The minimum absolute atomic E-state index is 0.00674. The van der Waals surface area contributed by atoms with Crippen LogP contribution in [0.3, 0.4) is 0 Å². The number of benzene rings is 1. The van der Waals surface area contributed by atoms with Crippen molar-refractivity contribution in [3.63, 3.8) is 0 Å². The summed E-state index contributed by atoms with van der Waals surface area (Å²) < 4.78 is 63.2. The monoisotopic (exact) mass is 1010 g/mol. The van der Waals surface area contributed by atoms with Crippen molar-refractivity contribution in [1.29, 1.82) is 0 Å². The van der Waals surface area contributed by atoms with Crippen LogP contribution in [0.1, 0.15) is 172 Å². The van der Waals surface area contributed by atoms with E-state index < -0.39 is 25.8 Å². The fourth-order valence-corrected chi connectivity index (χ4v) is 15.6. The van der Waals surface area contributed by atoms with Gasteiger partial charge in [0.25, 0.3) is 10.0 Å². The summed E-state index contributed by atoms with van der Waals surface area (Å²) in [5.41, 5.74) is 3.83. The topological polar surface area (TPSA) is 136 Å². The third kappa shape index (κ3) is 12.3. The van der Waals surface area contributed by atoms with Gasteiger partial charge in [0.15, 0.2) is 0 Å². The van der Waals surface area contributed by atoms with Gasteiger partial charge in [0.1, 0.15) is 5.76 Å². The van der Waals surface area contributed by atoms with Crippen LogP contribution in [0, 0.1) is 17.3 Å². The largest absolute Gasteiger partial charge is 0.506 e. The van der Waals surface area contributed by atoms with Crippen molar-refractivity contribution in [2.75, 3.05) is 44.1 Å². The standard InChI is InChI=1S/C54H86N4O6S4/c1-15-19-23-39(17-3)33-65-25-21-27-67(61,62)55-45-31-47-43(53(11,12)37(9)57(47)35(5)6)29-41(45)49-51(59)50(52(49)60)42-30-44-48(58(36(7)8)38(10)54(44,13)14)32-46(42)56-68(63,64)28-22-26-66-34-40(18-4)24-20-16-2/h29-32,35-40,55,59H,15-28,33-34H2,1-14H3/b50-42-,56-46+. The first kappa shape index (κ1) is 56.2. The molecule has 1 aromatic rings. The lowest BCUT2D eigenvalue weighted by atomic mass is 9.74. The molecule has 0 aromatic heterocycles. The predicted octanol–water partition coefficient (Wildman–Crippen LogP) is 12.9. The minimum atomic E-state index is -3.99. The molecule has 1 fully saturated rings. The molecule has 68 heavy (non-hydrogen) atoms. The van der Waals surface area contributed by atoms with Gasteiger partial charge in [-0.25, -0.2) is 16.8 Å². The number of ketones is 1. The van der Waals surface area contributed by atoms with Gasteiger partial charge in [-0.05, 0) is 137 Å². The van der Waals surface area contributed by atoms with E-state index in [1.54, 1.807) is 17.8 Å². The summed E-state index contributed by atoms with van der Waals surface area (Å²) >= 11 is 3.61. The van der Waals surface area contributed by atoms with Gasteiger partial charge in [-0.2, -0.15) is 27.9 Å². The summed E-state index contributed by atoms with van der Waals surface area (Å²) in [5.74, 6) is 3.71. The number of rotatable bonds is 26. The second-order valence-electron chi connectivity index (χ2n) is 21.5. The van der Waals surface area contributed by atoms with Gasteiger partial charge in [0, 0.05) is 57.5 Å². The van der Waals surface area contributed by atoms with Gasteiger partial charge in [0.2, 0.25) is 15.8 Å². The lowest BCUT2D eigenvalue weighted by molar-refractivity contribution is -0.111. The van der Waals surface area contributed by atoms with Gasteiger partial charge < -0.3 is 14.9 Å². The summed E-state index contributed by atoms with van der Waals surface area (Å²) in [6.07, 6.45) is 13.9. The Labute approximate surface area is 421 Å². The highest BCUT2D eigenvalue weighted by molar-refractivity contribution is 7.99. The molecule has 10 nitrogen and oxygen atoms in total. The van der Waals surface area contributed by atoms with E-state index in [1.165, 1.54) is 38.5 Å². The van der Waals surface area contributed by atoms with Gasteiger partial charge in [-0.3, -0.25) is 9.52 Å². The van der Waals surface area contributed by atoms with Crippen LogP contribution in [-0.2, 0) is 30.3 Å². The molecule has 1 saturated heterocycles. The van der Waals surface area contributed by atoms with E-state index in [2.05, 4.69) is 116 Å². The molecule has 0 radical (unpaired) electrons. The molecule has 382 valence electrons. The highest BCUT2D eigenvalue weighted by Crippen LogP contribution is 2.54. The summed E-state index contributed by atoms with van der Waals surface area (Å²) in [7, 11) is -7.86. The van der Waals surface area contributed by atoms with Crippen LogP contribution in [0.25, 0.3) is 5.57 Å². The number of nitrogens with one attached hydrogen (secondary N) is 1. The Morgan fingerprint density at radius 3 is 1.81 bits per heavy atom. The van der Waals surface area contributed by atoms with Crippen molar-refractivity contribution in [2.45, 2.75) is 191 Å². The number of aliphatic hydroxyl groups is 1. The number of allylic oxidation sites excluding steroid dienone is 6. The van der Waals surface area contributed by atoms with Gasteiger partial charge in [-0.1, -0.05) is 93.9 Å². The van der Waals surface area contributed by atoms with E-state index in [0.717, 1.165) is 52.6 Å². The fraction of sp³-hybridized carbons (Fsp3) is 0.704. The van der Waals surface area contributed by atoms with Crippen molar-refractivity contribution < 1.29 is 26.7 Å². The van der Waals surface area contributed by atoms with Crippen molar-refractivity contribution in [1.82, 2.24) is 4.90 Å². The molecule has 2 heterocycles. The molecule has 2 aliphatic heterocycles. The first-order valence-electron chi connectivity index (χ1n) is 25.8. The fourth-order valence-electron chi connectivity index (χ4n) is 10.5. The number of likely N-dealkylation sites (tertiary alicyclic amines) is 1. The number of hydrogen-bond acceptors (Lipinski definition) is 10. The Morgan fingerprint density at radius 2 is 1.29 bits per heavy atom.